The third-order valence-corrected chi connectivity index (χ3v) is 7.61. The Kier molecular flexibility index (Phi) is 6.40. The van der Waals surface area contributed by atoms with E-state index in [-0.39, 0.29) is 9.92 Å². The van der Waals surface area contributed by atoms with Crippen LogP contribution in [0.15, 0.2) is 41.3 Å². The summed E-state index contributed by atoms with van der Waals surface area (Å²) in [5.74, 6) is 0. The van der Waals surface area contributed by atoms with E-state index in [2.05, 4.69) is 4.90 Å². The maximum atomic E-state index is 12.9. The molecule has 1 fully saturated rings. The lowest BCUT2D eigenvalue weighted by atomic mass is 10.2. The molecule has 1 heterocycles. The summed E-state index contributed by atoms with van der Waals surface area (Å²) in [6.45, 7) is 2.42. The molecule has 0 aliphatic carbocycles. The predicted octanol–water partition coefficient (Wildman–Crippen LogP) is 4.81. The lowest BCUT2D eigenvalue weighted by Gasteiger charge is -2.34. The molecule has 0 radical (unpaired) electrons. The summed E-state index contributed by atoms with van der Waals surface area (Å²) < 4.78 is 27.1. The van der Waals surface area contributed by atoms with Crippen LogP contribution in [0.25, 0.3) is 0 Å². The third-order valence-electron chi connectivity index (χ3n) is 4.29. The fourth-order valence-electron chi connectivity index (χ4n) is 2.85. The molecule has 0 N–H and O–H groups in total. The molecule has 0 unspecified atom stereocenters. The van der Waals surface area contributed by atoms with Crippen molar-refractivity contribution in [1.82, 2.24) is 9.21 Å². The van der Waals surface area contributed by atoms with Crippen molar-refractivity contribution in [3.63, 3.8) is 0 Å². The van der Waals surface area contributed by atoms with E-state index in [9.17, 15) is 8.42 Å². The van der Waals surface area contributed by atoms with E-state index < -0.39 is 10.0 Å². The molecule has 0 saturated carbocycles. The second-order valence-electron chi connectivity index (χ2n) is 5.96. The Morgan fingerprint density at radius 1 is 0.846 bits per heavy atom. The van der Waals surface area contributed by atoms with Gasteiger partial charge in [-0.1, -0.05) is 52.5 Å². The second-order valence-corrected chi connectivity index (χ2v) is 9.52. The number of nitrogens with zero attached hydrogens (tertiary/aromatic N) is 2. The molecule has 0 bridgehead atoms. The highest BCUT2D eigenvalue weighted by molar-refractivity contribution is 7.89. The van der Waals surface area contributed by atoms with Crippen LogP contribution in [0.5, 0.6) is 0 Å². The zero-order valence-electron chi connectivity index (χ0n) is 13.6. The SMILES string of the molecule is O=S(=O)(c1cc(Cl)ccc1Cl)N1CCN(Cc2c(Cl)cccc2Cl)CC1. The molecule has 3 rings (SSSR count). The standard InChI is InChI=1S/C17H16Cl4N2O2S/c18-12-4-5-16(21)17(10-12)26(24,25)23-8-6-22(7-9-23)11-13-14(19)2-1-3-15(13)20/h1-5,10H,6-9,11H2. The number of piperazine rings is 1. The van der Waals surface area contributed by atoms with Crippen LogP contribution in [0.3, 0.4) is 0 Å². The van der Waals surface area contributed by atoms with Crippen LogP contribution in [-0.2, 0) is 16.6 Å². The van der Waals surface area contributed by atoms with Gasteiger partial charge in [0.15, 0.2) is 0 Å². The highest BCUT2D eigenvalue weighted by atomic mass is 35.5. The van der Waals surface area contributed by atoms with Crippen LogP contribution < -0.4 is 0 Å². The topological polar surface area (TPSA) is 40.6 Å². The van der Waals surface area contributed by atoms with E-state index in [1.165, 1.54) is 16.4 Å². The minimum absolute atomic E-state index is 0.0364. The first kappa shape index (κ1) is 20.2. The largest absolute Gasteiger partial charge is 0.296 e. The zero-order valence-corrected chi connectivity index (χ0v) is 17.5. The summed E-state index contributed by atoms with van der Waals surface area (Å²) in [5, 5.41) is 1.72. The molecule has 0 amide bonds. The van der Waals surface area contributed by atoms with Gasteiger partial charge in [-0.05, 0) is 30.3 Å². The van der Waals surface area contributed by atoms with Crippen LogP contribution in [0, 0.1) is 0 Å². The van der Waals surface area contributed by atoms with E-state index >= 15 is 0 Å². The molecular formula is C17H16Cl4N2O2S. The van der Waals surface area contributed by atoms with Gasteiger partial charge in [-0.25, -0.2) is 8.42 Å². The van der Waals surface area contributed by atoms with Gasteiger partial charge in [0.25, 0.3) is 0 Å². The summed E-state index contributed by atoms with van der Waals surface area (Å²) in [5.41, 5.74) is 0.852. The number of hydrogen-bond donors (Lipinski definition) is 0. The van der Waals surface area contributed by atoms with Crippen LogP contribution in [0.2, 0.25) is 20.1 Å². The van der Waals surface area contributed by atoms with E-state index in [0.29, 0.717) is 47.8 Å². The van der Waals surface area contributed by atoms with E-state index in [1.54, 1.807) is 24.3 Å². The summed E-state index contributed by atoms with van der Waals surface area (Å²) in [7, 11) is -3.69. The van der Waals surface area contributed by atoms with Gasteiger partial charge in [-0.15, -0.1) is 0 Å². The summed E-state index contributed by atoms with van der Waals surface area (Å²) >= 11 is 24.4. The molecular weight excluding hydrogens is 438 g/mol. The van der Waals surface area contributed by atoms with Gasteiger partial charge in [-0.3, -0.25) is 4.90 Å². The quantitative estimate of drug-likeness (QED) is 0.667. The fourth-order valence-corrected chi connectivity index (χ4v) is 5.53. The Balaban J connectivity index is 1.71. The Morgan fingerprint density at radius 3 is 2.08 bits per heavy atom. The van der Waals surface area contributed by atoms with Crippen molar-refractivity contribution in [1.29, 1.82) is 0 Å². The van der Waals surface area contributed by atoms with Crippen molar-refractivity contribution in [2.45, 2.75) is 11.4 Å². The summed E-state index contributed by atoms with van der Waals surface area (Å²) in [6, 6.07) is 9.83. The lowest BCUT2D eigenvalue weighted by molar-refractivity contribution is 0.181. The fraction of sp³-hybridized carbons (Fsp3) is 0.294. The molecule has 4 nitrogen and oxygen atoms in total. The van der Waals surface area contributed by atoms with Crippen molar-refractivity contribution in [2.75, 3.05) is 26.2 Å². The van der Waals surface area contributed by atoms with E-state index in [4.69, 9.17) is 46.4 Å². The first-order valence-electron chi connectivity index (χ1n) is 7.89. The molecule has 0 spiro atoms. The highest BCUT2D eigenvalue weighted by Crippen LogP contribution is 2.29. The number of hydrogen-bond acceptors (Lipinski definition) is 3. The van der Waals surface area contributed by atoms with Gasteiger partial charge < -0.3 is 0 Å². The summed E-state index contributed by atoms with van der Waals surface area (Å²) in [6.07, 6.45) is 0. The monoisotopic (exact) mass is 452 g/mol. The number of rotatable bonds is 4. The maximum absolute atomic E-state index is 12.9. The molecule has 9 heteroatoms. The first-order chi connectivity index (χ1) is 12.3. The van der Waals surface area contributed by atoms with Gasteiger partial charge in [0.1, 0.15) is 4.90 Å². The van der Waals surface area contributed by atoms with E-state index in [1.807, 2.05) is 0 Å². The smallest absolute Gasteiger partial charge is 0.244 e. The lowest BCUT2D eigenvalue weighted by Crippen LogP contribution is -2.48. The van der Waals surface area contributed by atoms with Crippen LogP contribution in [0.1, 0.15) is 5.56 Å². The first-order valence-corrected chi connectivity index (χ1v) is 10.8. The molecule has 0 aromatic heterocycles. The third kappa shape index (κ3) is 4.30. The normalized spacial score (nSPS) is 16.8. The molecule has 2 aromatic carbocycles. The second kappa shape index (κ2) is 8.23. The summed E-state index contributed by atoms with van der Waals surface area (Å²) in [4.78, 5) is 2.16. The van der Waals surface area contributed by atoms with Gasteiger partial charge >= 0.3 is 0 Å². The van der Waals surface area contributed by atoms with Crippen molar-refractivity contribution >= 4 is 56.4 Å². The number of sulfonamides is 1. The maximum Gasteiger partial charge on any atom is 0.244 e. The Morgan fingerprint density at radius 2 is 1.46 bits per heavy atom. The number of halogens is 4. The Hall–Kier alpha value is -0.530. The Bertz CT molecular complexity index is 893. The Labute approximate surface area is 173 Å². The van der Waals surface area contributed by atoms with Gasteiger partial charge in [0.2, 0.25) is 10.0 Å². The zero-order chi connectivity index (χ0) is 18.9. The van der Waals surface area contributed by atoms with Crippen molar-refractivity contribution in [2.24, 2.45) is 0 Å². The van der Waals surface area contributed by atoms with E-state index in [0.717, 1.165) is 5.56 Å². The number of benzene rings is 2. The molecule has 1 saturated heterocycles. The van der Waals surface area contributed by atoms with Crippen molar-refractivity contribution in [3.8, 4) is 0 Å². The molecule has 2 aromatic rings. The van der Waals surface area contributed by atoms with Gasteiger partial charge in [0, 0.05) is 53.4 Å². The average Bonchev–Trinajstić information content (AvgIpc) is 2.61. The van der Waals surface area contributed by atoms with Crippen molar-refractivity contribution in [3.05, 3.63) is 62.1 Å². The molecule has 140 valence electrons. The van der Waals surface area contributed by atoms with Crippen LogP contribution in [0.4, 0.5) is 0 Å². The minimum atomic E-state index is -3.69. The molecule has 1 aliphatic heterocycles. The highest BCUT2D eigenvalue weighted by Gasteiger charge is 2.30. The van der Waals surface area contributed by atoms with Gasteiger partial charge in [-0.2, -0.15) is 4.31 Å². The molecule has 1 aliphatic rings. The van der Waals surface area contributed by atoms with Crippen LogP contribution >= 0.6 is 46.4 Å². The van der Waals surface area contributed by atoms with Crippen LogP contribution in [-0.4, -0.2) is 43.8 Å². The van der Waals surface area contributed by atoms with Gasteiger partial charge in [0.05, 0.1) is 5.02 Å². The predicted molar refractivity (Wildman–Crippen MR) is 107 cm³/mol. The minimum Gasteiger partial charge on any atom is -0.296 e. The van der Waals surface area contributed by atoms with Crippen molar-refractivity contribution < 1.29 is 8.42 Å². The molecule has 26 heavy (non-hydrogen) atoms. The average molecular weight is 454 g/mol. The molecule has 0 atom stereocenters.